The monoisotopic (exact) mass is 340 g/mol. The lowest BCUT2D eigenvalue weighted by Gasteiger charge is -2.31. The SMILES string of the molecule is CCCO[C@H]1CCC[C@H]([NH3+])C(=O)O[C@@H](C)[C@@H]1Oc1cccc(F)c1. The summed E-state index contributed by atoms with van der Waals surface area (Å²) in [7, 11) is 0. The predicted molar refractivity (Wildman–Crippen MR) is 86.9 cm³/mol. The van der Waals surface area contributed by atoms with Crippen LogP contribution < -0.4 is 10.5 Å². The van der Waals surface area contributed by atoms with Crippen LogP contribution in [0.3, 0.4) is 0 Å². The molecule has 0 aliphatic carbocycles. The van der Waals surface area contributed by atoms with E-state index >= 15 is 0 Å². The van der Waals surface area contributed by atoms with Crippen LogP contribution in [-0.4, -0.2) is 36.9 Å². The van der Waals surface area contributed by atoms with Crippen LogP contribution in [0, 0.1) is 5.82 Å². The number of rotatable bonds is 5. The minimum Gasteiger partial charge on any atom is -0.484 e. The second-order valence-electron chi connectivity index (χ2n) is 6.22. The lowest BCUT2D eigenvalue weighted by molar-refractivity contribution is -0.410. The Kier molecular flexibility index (Phi) is 6.99. The van der Waals surface area contributed by atoms with Crippen molar-refractivity contribution in [3.63, 3.8) is 0 Å². The van der Waals surface area contributed by atoms with Crippen molar-refractivity contribution >= 4 is 5.97 Å². The van der Waals surface area contributed by atoms with Crippen LogP contribution in [0.5, 0.6) is 5.75 Å². The lowest BCUT2D eigenvalue weighted by atomic mass is 10.0. The maximum absolute atomic E-state index is 13.4. The number of carbonyl (C=O) groups is 1. The Morgan fingerprint density at radius 1 is 1.38 bits per heavy atom. The molecule has 0 radical (unpaired) electrons. The molecule has 6 heteroatoms. The third kappa shape index (κ3) is 5.18. The summed E-state index contributed by atoms with van der Waals surface area (Å²) in [5.41, 5.74) is 3.86. The van der Waals surface area contributed by atoms with Gasteiger partial charge in [0, 0.05) is 19.1 Å². The van der Waals surface area contributed by atoms with E-state index < -0.39 is 12.2 Å². The largest absolute Gasteiger partial charge is 0.484 e. The zero-order valence-electron chi connectivity index (χ0n) is 14.4. The molecule has 2 rings (SSSR count). The van der Waals surface area contributed by atoms with E-state index in [2.05, 4.69) is 5.73 Å². The van der Waals surface area contributed by atoms with Crippen molar-refractivity contribution < 1.29 is 29.1 Å². The molecule has 0 aromatic heterocycles. The quantitative estimate of drug-likeness (QED) is 0.833. The smallest absolute Gasteiger partial charge is 0.365 e. The number of hydrogen-bond acceptors (Lipinski definition) is 4. The Bertz CT molecular complexity index is 540. The summed E-state index contributed by atoms with van der Waals surface area (Å²) in [6.45, 7) is 4.41. The standard InChI is InChI=1S/C18H26FNO4/c1-3-10-22-16-9-5-8-15(20)18(21)23-12(2)17(16)24-14-7-4-6-13(19)11-14/h4,6-7,11-12,15-17H,3,5,8-10,20H2,1-2H3/p+1/t12-,15-,16-,17-/m0/s1. The first kappa shape index (κ1) is 18.7. The van der Waals surface area contributed by atoms with E-state index in [4.69, 9.17) is 14.2 Å². The van der Waals surface area contributed by atoms with Gasteiger partial charge in [-0.15, -0.1) is 0 Å². The highest BCUT2D eigenvalue weighted by Gasteiger charge is 2.35. The number of cyclic esters (lactones) is 1. The van der Waals surface area contributed by atoms with E-state index in [9.17, 15) is 9.18 Å². The van der Waals surface area contributed by atoms with Crippen molar-refractivity contribution in [2.24, 2.45) is 0 Å². The molecule has 4 atom stereocenters. The molecule has 134 valence electrons. The lowest BCUT2D eigenvalue weighted by Crippen LogP contribution is -2.65. The number of esters is 1. The number of quaternary nitrogens is 1. The van der Waals surface area contributed by atoms with Crippen molar-refractivity contribution in [2.75, 3.05) is 6.61 Å². The highest BCUT2D eigenvalue weighted by atomic mass is 19.1. The maximum Gasteiger partial charge on any atom is 0.365 e. The molecule has 1 aliphatic heterocycles. The van der Waals surface area contributed by atoms with E-state index in [-0.39, 0.29) is 23.9 Å². The molecular formula is C18H27FNO4+. The normalized spacial score (nSPS) is 28.4. The molecule has 0 unspecified atom stereocenters. The van der Waals surface area contributed by atoms with Gasteiger partial charge in [0.15, 0.2) is 12.1 Å². The molecule has 1 aromatic rings. The average Bonchev–Trinajstić information content (AvgIpc) is 2.59. The van der Waals surface area contributed by atoms with Crippen LogP contribution in [-0.2, 0) is 14.3 Å². The van der Waals surface area contributed by atoms with Gasteiger partial charge in [0.25, 0.3) is 0 Å². The summed E-state index contributed by atoms with van der Waals surface area (Å²) in [6, 6.07) is 5.57. The first-order valence-electron chi connectivity index (χ1n) is 8.58. The van der Waals surface area contributed by atoms with Gasteiger partial charge in [-0.25, -0.2) is 9.18 Å². The minimum absolute atomic E-state index is 0.221. The van der Waals surface area contributed by atoms with E-state index in [0.29, 0.717) is 18.8 Å². The van der Waals surface area contributed by atoms with Crippen LogP contribution >= 0.6 is 0 Å². The second kappa shape index (κ2) is 8.99. The Balaban J connectivity index is 2.21. The van der Waals surface area contributed by atoms with E-state index in [1.165, 1.54) is 12.1 Å². The second-order valence-corrected chi connectivity index (χ2v) is 6.22. The fourth-order valence-electron chi connectivity index (χ4n) is 2.81. The summed E-state index contributed by atoms with van der Waals surface area (Å²) in [5, 5.41) is 0. The van der Waals surface area contributed by atoms with Gasteiger partial charge >= 0.3 is 5.97 Å². The maximum atomic E-state index is 13.4. The van der Waals surface area contributed by atoms with Gasteiger partial charge in [0.05, 0.1) is 6.10 Å². The van der Waals surface area contributed by atoms with Gasteiger partial charge < -0.3 is 19.9 Å². The van der Waals surface area contributed by atoms with Crippen molar-refractivity contribution in [2.45, 2.75) is 63.9 Å². The molecule has 0 saturated carbocycles. The molecule has 1 fully saturated rings. The average molecular weight is 340 g/mol. The fourth-order valence-corrected chi connectivity index (χ4v) is 2.81. The first-order valence-corrected chi connectivity index (χ1v) is 8.58. The zero-order chi connectivity index (χ0) is 17.5. The van der Waals surface area contributed by atoms with Gasteiger partial charge in [-0.1, -0.05) is 13.0 Å². The van der Waals surface area contributed by atoms with E-state index in [0.717, 1.165) is 19.3 Å². The van der Waals surface area contributed by atoms with Crippen LogP contribution in [0.4, 0.5) is 4.39 Å². The van der Waals surface area contributed by atoms with Gasteiger partial charge in [-0.2, -0.15) is 0 Å². The molecule has 1 saturated heterocycles. The van der Waals surface area contributed by atoms with Gasteiger partial charge in [-0.3, -0.25) is 0 Å². The third-order valence-electron chi connectivity index (χ3n) is 4.11. The number of hydrogen-bond donors (Lipinski definition) is 1. The molecule has 1 aliphatic rings. The summed E-state index contributed by atoms with van der Waals surface area (Å²) in [5.74, 6) is -0.297. The first-order chi connectivity index (χ1) is 11.5. The highest BCUT2D eigenvalue weighted by molar-refractivity contribution is 5.74. The van der Waals surface area contributed by atoms with Gasteiger partial charge in [-0.05, 0) is 38.3 Å². The van der Waals surface area contributed by atoms with Crippen molar-refractivity contribution in [3.05, 3.63) is 30.1 Å². The van der Waals surface area contributed by atoms with Crippen LogP contribution in [0.1, 0.15) is 39.5 Å². The topological polar surface area (TPSA) is 72.4 Å². The summed E-state index contributed by atoms with van der Waals surface area (Å²) in [6.07, 6.45) is 1.86. The van der Waals surface area contributed by atoms with Crippen LogP contribution in [0.25, 0.3) is 0 Å². The van der Waals surface area contributed by atoms with Crippen LogP contribution in [0.2, 0.25) is 0 Å². The molecule has 5 nitrogen and oxygen atoms in total. The fraction of sp³-hybridized carbons (Fsp3) is 0.611. The Labute approximate surface area is 142 Å². The van der Waals surface area contributed by atoms with E-state index in [1.807, 2.05) is 6.92 Å². The van der Waals surface area contributed by atoms with Crippen molar-refractivity contribution in [3.8, 4) is 5.75 Å². The Morgan fingerprint density at radius 3 is 2.88 bits per heavy atom. The number of ether oxygens (including phenoxy) is 3. The van der Waals surface area contributed by atoms with Crippen molar-refractivity contribution in [1.82, 2.24) is 0 Å². The van der Waals surface area contributed by atoms with E-state index in [1.54, 1.807) is 19.1 Å². The third-order valence-corrected chi connectivity index (χ3v) is 4.11. The molecule has 1 heterocycles. The molecule has 24 heavy (non-hydrogen) atoms. The molecule has 0 spiro atoms. The van der Waals surface area contributed by atoms with Gasteiger partial charge in [0.2, 0.25) is 0 Å². The minimum atomic E-state index is -0.509. The number of carbonyl (C=O) groups excluding carboxylic acids is 1. The van der Waals surface area contributed by atoms with Gasteiger partial charge in [0.1, 0.15) is 17.7 Å². The van der Waals surface area contributed by atoms with Crippen LogP contribution in [0.15, 0.2) is 24.3 Å². The molecule has 1 aromatic carbocycles. The zero-order valence-corrected chi connectivity index (χ0v) is 14.4. The summed E-state index contributed by atoms with van der Waals surface area (Å²) in [4.78, 5) is 12.1. The highest BCUT2D eigenvalue weighted by Crippen LogP contribution is 2.24. The molecule has 3 N–H and O–H groups in total. The molecule has 0 amide bonds. The predicted octanol–water partition coefficient (Wildman–Crippen LogP) is 2.09. The molecule has 0 bridgehead atoms. The summed E-state index contributed by atoms with van der Waals surface area (Å²) < 4.78 is 30.9. The Morgan fingerprint density at radius 2 is 2.17 bits per heavy atom. The summed E-state index contributed by atoms with van der Waals surface area (Å²) >= 11 is 0. The number of halogens is 1. The number of benzene rings is 1. The molecular weight excluding hydrogens is 313 g/mol. The van der Waals surface area contributed by atoms with Crippen molar-refractivity contribution in [1.29, 1.82) is 0 Å². The Hall–Kier alpha value is -1.66.